The molecule has 2 nitrogen and oxygen atoms in total. The van der Waals surface area contributed by atoms with Gasteiger partial charge in [-0.2, -0.15) is 18.4 Å². The van der Waals surface area contributed by atoms with Gasteiger partial charge in [0.25, 0.3) is 0 Å². The zero-order chi connectivity index (χ0) is 13.2. The minimum atomic E-state index is -4.41. The molecule has 0 unspecified atom stereocenters. The van der Waals surface area contributed by atoms with Gasteiger partial charge in [-0.05, 0) is 43.9 Å². The summed E-state index contributed by atoms with van der Waals surface area (Å²) in [6.07, 6.45) is -0.776. The number of hydrogen-bond acceptors (Lipinski definition) is 2. The molecule has 1 aliphatic rings. The molecule has 0 amide bonds. The SMILES string of the molecule is N#Cc1ccc(C(F)(F)F)cc1OC1CCCC1. The molecule has 1 aromatic carbocycles. The van der Waals surface area contributed by atoms with Crippen molar-refractivity contribution in [3.8, 4) is 11.8 Å². The van der Waals surface area contributed by atoms with Crippen molar-refractivity contribution in [1.82, 2.24) is 0 Å². The predicted octanol–water partition coefficient (Wildman–Crippen LogP) is 3.90. The smallest absolute Gasteiger partial charge is 0.416 e. The highest BCUT2D eigenvalue weighted by atomic mass is 19.4. The van der Waals surface area contributed by atoms with Crippen molar-refractivity contribution in [2.24, 2.45) is 0 Å². The molecule has 0 N–H and O–H groups in total. The van der Waals surface area contributed by atoms with Gasteiger partial charge in [0.15, 0.2) is 0 Å². The predicted molar refractivity (Wildman–Crippen MR) is 59.0 cm³/mol. The summed E-state index contributed by atoms with van der Waals surface area (Å²) < 4.78 is 43.2. The van der Waals surface area contributed by atoms with E-state index in [-0.39, 0.29) is 17.4 Å². The molecule has 1 fully saturated rings. The Morgan fingerprint density at radius 2 is 1.89 bits per heavy atom. The van der Waals surface area contributed by atoms with E-state index >= 15 is 0 Å². The topological polar surface area (TPSA) is 33.0 Å². The molecule has 1 aromatic rings. The highest BCUT2D eigenvalue weighted by Gasteiger charge is 2.31. The third-order valence-corrected chi connectivity index (χ3v) is 3.03. The highest BCUT2D eigenvalue weighted by Crippen LogP contribution is 2.34. The lowest BCUT2D eigenvalue weighted by Gasteiger charge is -2.16. The van der Waals surface area contributed by atoms with E-state index in [9.17, 15) is 13.2 Å². The number of ether oxygens (including phenoxy) is 1. The first-order valence-corrected chi connectivity index (χ1v) is 5.78. The molecule has 0 aliphatic heterocycles. The van der Waals surface area contributed by atoms with E-state index in [1.165, 1.54) is 0 Å². The second-order valence-corrected chi connectivity index (χ2v) is 4.34. The largest absolute Gasteiger partial charge is 0.489 e. The van der Waals surface area contributed by atoms with Crippen LogP contribution in [0.15, 0.2) is 18.2 Å². The van der Waals surface area contributed by atoms with E-state index in [4.69, 9.17) is 10.00 Å². The number of rotatable bonds is 2. The van der Waals surface area contributed by atoms with Gasteiger partial charge in [0, 0.05) is 0 Å². The highest BCUT2D eigenvalue weighted by molar-refractivity contribution is 5.46. The van der Waals surface area contributed by atoms with E-state index < -0.39 is 11.7 Å². The van der Waals surface area contributed by atoms with Crippen LogP contribution >= 0.6 is 0 Å². The first-order chi connectivity index (χ1) is 8.50. The van der Waals surface area contributed by atoms with Crippen LogP contribution < -0.4 is 4.74 Å². The average molecular weight is 255 g/mol. The lowest BCUT2D eigenvalue weighted by Crippen LogP contribution is -2.13. The Morgan fingerprint density at radius 3 is 2.44 bits per heavy atom. The maximum Gasteiger partial charge on any atom is 0.416 e. The van der Waals surface area contributed by atoms with E-state index in [1.54, 1.807) is 0 Å². The number of nitrogens with zero attached hydrogens (tertiary/aromatic N) is 1. The zero-order valence-corrected chi connectivity index (χ0v) is 9.63. The van der Waals surface area contributed by atoms with E-state index in [2.05, 4.69) is 0 Å². The Balaban J connectivity index is 2.28. The maximum atomic E-state index is 12.6. The van der Waals surface area contributed by atoms with Crippen LogP contribution in [0.25, 0.3) is 0 Å². The third-order valence-electron chi connectivity index (χ3n) is 3.03. The van der Waals surface area contributed by atoms with Crippen LogP contribution in [0.2, 0.25) is 0 Å². The summed E-state index contributed by atoms with van der Waals surface area (Å²) >= 11 is 0. The molecule has 1 saturated carbocycles. The lowest BCUT2D eigenvalue weighted by atomic mass is 10.1. The summed E-state index contributed by atoms with van der Waals surface area (Å²) in [7, 11) is 0. The molecule has 0 atom stereocenters. The molecule has 96 valence electrons. The first kappa shape index (κ1) is 12.7. The molecule has 2 rings (SSSR count). The molecule has 5 heteroatoms. The number of halogens is 3. The van der Waals surface area contributed by atoms with Crippen LogP contribution in [0.3, 0.4) is 0 Å². The molecule has 0 radical (unpaired) electrons. The van der Waals surface area contributed by atoms with Crippen LogP contribution in [0.1, 0.15) is 36.8 Å². The zero-order valence-electron chi connectivity index (χ0n) is 9.63. The monoisotopic (exact) mass is 255 g/mol. The summed E-state index contributed by atoms with van der Waals surface area (Å²) in [4.78, 5) is 0. The van der Waals surface area contributed by atoms with Gasteiger partial charge in [0.05, 0.1) is 17.2 Å². The summed E-state index contributed by atoms with van der Waals surface area (Å²) in [5.41, 5.74) is -0.635. The molecule has 18 heavy (non-hydrogen) atoms. The summed E-state index contributed by atoms with van der Waals surface area (Å²) in [5.74, 6) is 0.0409. The van der Waals surface area contributed by atoms with Crippen molar-refractivity contribution < 1.29 is 17.9 Å². The van der Waals surface area contributed by atoms with Gasteiger partial charge in [0.2, 0.25) is 0 Å². The second-order valence-electron chi connectivity index (χ2n) is 4.34. The fourth-order valence-electron chi connectivity index (χ4n) is 2.07. The Bertz CT molecular complexity index is 470. The van der Waals surface area contributed by atoms with E-state index in [0.29, 0.717) is 0 Å². The molecular weight excluding hydrogens is 243 g/mol. The third kappa shape index (κ3) is 2.76. The van der Waals surface area contributed by atoms with Gasteiger partial charge in [-0.3, -0.25) is 0 Å². The van der Waals surface area contributed by atoms with Crippen LogP contribution in [0.5, 0.6) is 5.75 Å². The molecule has 1 aliphatic carbocycles. The van der Waals surface area contributed by atoms with Crippen molar-refractivity contribution in [3.05, 3.63) is 29.3 Å². The Labute approximate surface area is 103 Å². The van der Waals surface area contributed by atoms with Gasteiger partial charge in [-0.15, -0.1) is 0 Å². The van der Waals surface area contributed by atoms with Crippen LogP contribution in [-0.2, 0) is 6.18 Å². The van der Waals surface area contributed by atoms with E-state index in [1.807, 2.05) is 6.07 Å². The summed E-state index contributed by atoms with van der Waals surface area (Å²) in [6, 6.07) is 4.83. The van der Waals surface area contributed by atoms with Crippen molar-refractivity contribution in [2.45, 2.75) is 38.0 Å². The standard InChI is InChI=1S/C13H12F3NO/c14-13(15,16)10-6-5-9(8-17)12(7-10)18-11-3-1-2-4-11/h5-7,11H,1-4H2. The summed E-state index contributed by atoms with van der Waals surface area (Å²) in [5, 5.41) is 8.87. The molecule has 0 bridgehead atoms. The van der Waals surface area contributed by atoms with Crippen molar-refractivity contribution in [1.29, 1.82) is 5.26 Å². The van der Waals surface area contributed by atoms with Crippen LogP contribution in [0.4, 0.5) is 13.2 Å². The fourth-order valence-corrected chi connectivity index (χ4v) is 2.07. The molecule has 0 saturated heterocycles. The Hall–Kier alpha value is -1.70. The minimum Gasteiger partial charge on any atom is -0.489 e. The Kier molecular flexibility index (Phi) is 3.46. The average Bonchev–Trinajstić information content (AvgIpc) is 2.80. The molecule has 0 heterocycles. The van der Waals surface area contributed by atoms with Gasteiger partial charge >= 0.3 is 6.18 Å². The van der Waals surface area contributed by atoms with Crippen molar-refractivity contribution in [3.63, 3.8) is 0 Å². The molecule has 0 spiro atoms. The minimum absolute atomic E-state index is 0.0409. The normalized spacial score (nSPS) is 16.6. The van der Waals surface area contributed by atoms with E-state index in [0.717, 1.165) is 43.9 Å². The van der Waals surface area contributed by atoms with Crippen molar-refractivity contribution in [2.75, 3.05) is 0 Å². The molecule has 0 aromatic heterocycles. The van der Waals surface area contributed by atoms with Gasteiger partial charge < -0.3 is 4.74 Å². The number of hydrogen-bond donors (Lipinski definition) is 0. The molecular formula is C13H12F3NO. The first-order valence-electron chi connectivity index (χ1n) is 5.78. The lowest BCUT2D eigenvalue weighted by molar-refractivity contribution is -0.137. The summed E-state index contributed by atoms with van der Waals surface area (Å²) in [6.45, 7) is 0. The Morgan fingerprint density at radius 1 is 1.22 bits per heavy atom. The number of alkyl halides is 3. The van der Waals surface area contributed by atoms with Crippen molar-refractivity contribution >= 4 is 0 Å². The van der Waals surface area contributed by atoms with Gasteiger partial charge in [-0.1, -0.05) is 0 Å². The van der Waals surface area contributed by atoms with Crippen LogP contribution in [-0.4, -0.2) is 6.10 Å². The fraction of sp³-hybridized carbons (Fsp3) is 0.462. The van der Waals surface area contributed by atoms with Gasteiger partial charge in [-0.25, -0.2) is 0 Å². The number of nitriles is 1. The van der Waals surface area contributed by atoms with Crippen LogP contribution in [0, 0.1) is 11.3 Å². The van der Waals surface area contributed by atoms with Gasteiger partial charge in [0.1, 0.15) is 11.8 Å². The second kappa shape index (κ2) is 4.89. The maximum absolute atomic E-state index is 12.6. The number of benzene rings is 1. The quantitative estimate of drug-likeness (QED) is 0.803.